The number of carbonyl (C=O) groups is 1. The second kappa shape index (κ2) is 4.17. The van der Waals surface area contributed by atoms with Crippen molar-refractivity contribution in [3.63, 3.8) is 0 Å². The van der Waals surface area contributed by atoms with E-state index >= 15 is 0 Å². The van der Waals surface area contributed by atoms with Crippen LogP contribution in [0.4, 0.5) is 0 Å². The molecule has 5 heteroatoms. The summed E-state index contributed by atoms with van der Waals surface area (Å²) in [5.41, 5.74) is 0.685. The standard InChI is InChI=1S/C9H8O4S/c10-9(14(11,12)13)7-6-8-4-2-1-3-5-8/h1-7H,(H,11,12,13)/b7-6+. The molecule has 0 spiro atoms. The highest BCUT2D eigenvalue weighted by molar-refractivity contribution is 8.01. The normalized spacial score (nSPS) is 11.8. The lowest BCUT2D eigenvalue weighted by Crippen LogP contribution is -2.09. The Morgan fingerprint density at radius 1 is 1.21 bits per heavy atom. The predicted octanol–water partition coefficient (Wildman–Crippen LogP) is 1.11. The van der Waals surface area contributed by atoms with E-state index < -0.39 is 15.2 Å². The van der Waals surface area contributed by atoms with Gasteiger partial charge in [-0.25, -0.2) is 0 Å². The molecule has 0 aromatic heterocycles. The van der Waals surface area contributed by atoms with Crippen molar-refractivity contribution in [3.8, 4) is 0 Å². The van der Waals surface area contributed by atoms with Crippen LogP contribution in [0, 0.1) is 0 Å². The molecule has 0 saturated heterocycles. The molecule has 1 aromatic carbocycles. The molecule has 0 aliphatic heterocycles. The van der Waals surface area contributed by atoms with E-state index in [2.05, 4.69) is 0 Å². The topological polar surface area (TPSA) is 71.4 Å². The van der Waals surface area contributed by atoms with Crippen molar-refractivity contribution >= 4 is 21.3 Å². The molecule has 0 bridgehead atoms. The van der Waals surface area contributed by atoms with Gasteiger partial charge >= 0.3 is 10.1 Å². The Labute approximate surface area is 81.6 Å². The molecule has 0 saturated carbocycles. The van der Waals surface area contributed by atoms with Gasteiger partial charge in [0, 0.05) is 6.08 Å². The lowest BCUT2D eigenvalue weighted by molar-refractivity contribution is -0.108. The average Bonchev–Trinajstić information content (AvgIpc) is 2.14. The second-order valence-electron chi connectivity index (χ2n) is 2.54. The van der Waals surface area contributed by atoms with Crippen LogP contribution in [0.3, 0.4) is 0 Å². The molecule has 0 atom stereocenters. The van der Waals surface area contributed by atoms with Crippen LogP contribution in [-0.2, 0) is 14.9 Å². The van der Waals surface area contributed by atoms with E-state index in [4.69, 9.17) is 4.55 Å². The van der Waals surface area contributed by atoms with Crippen LogP contribution in [0.15, 0.2) is 36.4 Å². The van der Waals surface area contributed by atoms with E-state index in [0.717, 1.165) is 6.08 Å². The first-order valence-electron chi connectivity index (χ1n) is 3.75. The third-order valence-corrected chi connectivity index (χ3v) is 2.11. The third kappa shape index (κ3) is 3.12. The van der Waals surface area contributed by atoms with E-state index in [1.54, 1.807) is 30.3 Å². The van der Waals surface area contributed by atoms with Crippen molar-refractivity contribution < 1.29 is 17.8 Å². The monoisotopic (exact) mass is 212 g/mol. The Morgan fingerprint density at radius 2 is 1.79 bits per heavy atom. The maximum Gasteiger partial charge on any atom is 0.332 e. The molecule has 1 N–H and O–H groups in total. The summed E-state index contributed by atoms with van der Waals surface area (Å²) in [6.45, 7) is 0. The maximum atomic E-state index is 10.7. The van der Waals surface area contributed by atoms with Crippen molar-refractivity contribution in [1.82, 2.24) is 0 Å². The summed E-state index contributed by atoms with van der Waals surface area (Å²) in [5, 5.41) is -1.32. The smallest absolute Gasteiger partial charge is 0.279 e. The molecule has 0 fully saturated rings. The number of rotatable bonds is 2. The quantitative estimate of drug-likeness (QED) is 0.589. The molecule has 0 aliphatic carbocycles. The van der Waals surface area contributed by atoms with Gasteiger partial charge in [-0.1, -0.05) is 36.4 Å². The van der Waals surface area contributed by atoms with Gasteiger partial charge in [-0.2, -0.15) is 8.42 Å². The van der Waals surface area contributed by atoms with E-state index in [9.17, 15) is 13.2 Å². The van der Waals surface area contributed by atoms with Gasteiger partial charge in [-0.3, -0.25) is 9.35 Å². The number of carbonyl (C=O) groups excluding carboxylic acids is 1. The van der Waals surface area contributed by atoms with Crippen molar-refractivity contribution in [2.45, 2.75) is 0 Å². The number of benzene rings is 1. The van der Waals surface area contributed by atoms with Crippen LogP contribution < -0.4 is 0 Å². The zero-order valence-electron chi connectivity index (χ0n) is 7.12. The van der Waals surface area contributed by atoms with Crippen molar-refractivity contribution in [2.75, 3.05) is 0 Å². The first-order chi connectivity index (χ1) is 6.50. The minimum Gasteiger partial charge on any atom is -0.279 e. The molecule has 1 aromatic rings. The average molecular weight is 212 g/mol. The van der Waals surface area contributed by atoms with Crippen molar-refractivity contribution in [3.05, 3.63) is 42.0 Å². The fourth-order valence-corrected chi connectivity index (χ4v) is 1.05. The SMILES string of the molecule is O=C(/C=C/c1ccccc1)S(=O)(=O)O. The van der Waals surface area contributed by atoms with Gasteiger partial charge in [-0.15, -0.1) is 0 Å². The Bertz CT molecular complexity index is 445. The van der Waals surface area contributed by atoms with Crippen LogP contribution in [0.5, 0.6) is 0 Å². The Kier molecular flexibility index (Phi) is 3.16. The first kappa shape index (κ1) is 10.6. The van der Waals surface area contributed by atoms with Crippen LogP contribution >= 0.6 is 0 Å². The molecular weight excluding hydrogens is 204 g/mol. The molecule has 14 heavy (non-hydrogen) atoms. The minimum atomic E-state index is -4.60. The molecule has 4 nitrogen and oxygen atoms in total. The summed E-state index contributed by atoms with van der Waals surface area (Å²) in [6, 6.07) is 8.69. The summed E-state index contributed by atoms with van der Waals surface area (Å²) in [7, 11) is -4.60. The lowest BCUT2D eigenvalue weighted by Gasteiger charge is -1.90. The Hall–Kier alpha value is -1.46. The molecule has 74 valence electrons. The van der Waals surface area contributed by atoms with Crippen LogP contribution in [-0.4, -0.2) is 18.1 Å². The van der Waals surface area contributed by atoms with Crippen molar-refractivity contribution in [1.29, 1.82) is 0 Å². The van der Waals surface area contributed by atoms with Crippen molar-refractivity contribution in [2.24, 2.45) is 0 Å². The predicted molar refractivity (Wildman–Crippen MR) is 52.0 cm³/mol. The fraction of sp³-hybridized carbons (Fsp3) is 0. The minimum absolute atomic E-state index is 0.685. The molecule has 0 unspecified atom stereocenters. The summed E-state index contributed by atoms with van der Waals surface area (Å²) >= 11 is 0. The van der Waals surface area contributed by atoms with Gasteiger partial charge in [0.2, 0.25) is 0 Å². The van der Waals surface area contributed by atoms with Crippen LogP contribution in [0.25, 0.3) is 6.08 Å². The number of hydrogen-bond acceptors (Lipinski definition) is 3. The first-order valence-corrected chi connectivity index (χ1v) is 5.19. The second-order valence-corrected chi connectivity index (χ2v) is 3.89. The van der Waals surface area contributed by atoms with Crippen LogP contribution in [0.1, 0.15) is 5.56 Å². The highest BCUT2D eigenvalue weighted by Gasteiger charge is 2.13. The molecule has 0 radical (unpaired) electrons. The largest absolute Gasteiger partial charge is 0.332 e. The number of hydrogen-bond donors (Lipinski definition) is 1. The van der Waals surface area contributed by atoms with E-state index in [1.807, 2.05) is 0 Å². The highest BCUT2D eigenvalue weighted by atomic mass is 32.2. The summed E-state index contributed by atoms with van der Waals surface area (Å²) < 4.78 is 29.0. The van der Waals surface area contributed by atoms with Gasteiger partial charge in [-0.05, 0) is 5.56 Å². The maximum absolute atomic E-state index is 10.7. The molecule has 1 rings (SSSR count). The van der Waals surface area contributed by atoms with E-state index in [-0.39, 0.29) is 0 Å². The molecule has 0 amide bonds. The molecular formula is C9H8O4S. The Morgan fingerprint density at radius 3 is 2.29 bits per heavy atom. The van der Waals surface area contributed by atoms with Gasteiger partial charge in [0.25, 0.3) is 5.12 Å². The summed E-state index contributed by atoms with van der Waals surface area (Å²) in [4.78, 5) is 10.7. The Balaban J connectivity index is 2.81. The third-order valence-electron chi connectivity index (χ3n) is 1.47. The zero-order chi connectivity index (χ0) is 10.6. The summed E-state index contributed by atoms with van der Waals surface area (Å²) in [6.07, 6.45) is 2.13. The summed E-state index contributed by atoms with van der Waals surface area (Å²) in [5.74, 6) is 0. The van der Waals surface area contributed by atoms with Gasteiger partial charge < -0.3 is 0 Å². The van der Waals surface area contributed by atoms with Crippen LogP contribution in [0.2, 0.25) is 0 Å². The zero-order valence-corrected chi connectivity index (χ0v) is 7.94. The highest BCUT2D eigenvalue weighted by Crippen LogP contribution is 2.01. The van der Waals surface area contributed by atoms with E-state index in [1.165, 1.54) is 6.08 Å². The molecule has 0 heterocycles. The van der Waals surface area contributed by atoms with Gasteiger partial charge in [0.05, 0.1) is 0 Å². The van der Waals surface area contributed by atoms with Gasteiger partial charge in [0.15, 0.2) is 0 Å². The lowest BCUT2D eigenvalue weighted by atomic mass is 10.2. The van der Waals surface area contributed by atoms with E-state index in [0.29, 0.717) is 5.56 Å². The van der Waals surface area contributed by atoms with Gasteiger partial charge in [0.1, 0.15) is 0 Å². The molecule has 0 aliphatic rings. The fourth-order valence-electron chi connectivity index (χ4n) is 0.814.